The molecule has 0 unspecified atom stereocenters. The van der Waals surface area contributed by atoms with E-state index >= 15 is 0 Å². The predicted octanol–water partition coefficient (Wildman–Crippen LogP) is 4.72. The average Bonchev–Trinajstić information content (AvgIpc) is 3.16. The third-order valence-corrected chi connectivity index (χ3v) is 6.56. The number of aliphatic imine (C=N–C) groups is 1. The molecule has 0 saturated heterocycles. The summed E-state index contributed by atoms with van der Waals surface area (Å²) in [5.74, 6) is 1.75. The normalized spacial score (nSPS) is 12.9. The van der Waals surface area contributed by atoms with Gasteiger partial charge in [-0.2, -0.15) is 0 Å². The Morgan fingerprint density at radius 2 is 1.76 bits per heavy atom. The van der Waals surface area contributed by atoms with Crippen molar-refractivity contribution >= 4 is 28.6 Å². The van der Waals surface area contributed by atoms with E-state index in [9.17, 15) is 0 Å². The fraction of sp³-hybridized carbons (Fsp3) is 0.190. The van der Waals surface area contributed by atoms with Crippen LogP contribution in [0.3, 0.4) is 0 Å². The summed E-state index contributed by atoms with van der Waals surface area (Å²) in [7, 11) is 0. The smallest absolute Gasteiger partial charge is 0.160 e. The Kier molecular flexibility index (Phi) is 4.29. The summed E-state index contributed by atoms with van der Waals surface area (Å²) in [6.45, 7) is 6.78. The van der Waals surface area contributed by atoms with Crippen molar-refractivity contribution < 1.29 is 0 Å². The Morgan fingerprint density at radius 3 is 2.52 bits per heavy atom. The lowest BCUT2D eigenvalue weighted by atomic mass is 9.98. The Morgan fingerprint density at radius 1 is 1.00 bits per heavy atom. The number of hydrogen-bond donors (Lipinski definition) is 0. The highest BCUT2D eigenvalue weighted by molar-refractivity contribution is 7.15. The van der Waals surface area contributed by atoms with Gasteiger partial charge in [-0.15, -0.1) is 21.5 Å². The monoisotopic (exact) mass is 420 g/mol. The van der Waals surface area contributed by atoms with Crippen LogP contribution in [0.5, 0.6) is 0 Å². The number of aromatic nitrogens is 5. The van der Waals surface area contributed by atoms with Gasteiger partial charge in [0.05, 0.1) is 11.4 Å². The highest BCUT2D eigenvalue weighted by Crippen LogP contribution is 2.36. The minimum atomic E-state index is 0.430. The molecule has 0 amide bonds. The van der Waals surface area contributed by atoms with Crippen LogP contribution in [0.1, 0.15) is 33.2 Å². The molecule has 0 N–H and O–H groups in total. The van der Waals surface area contributed by atoms with Crippen molar-refractivity contribution in [1.29, 1.82) is 0 Å². The molecule has 0 aliphatic carbocycles. The zero-order valence-electron chi connectivity index (χ0n) is 16.1. The first-order valence-corrected chi connectivity index (χ1v) is 10.4. The van der Waals surface area contributed by atoms with Gasteiger partial charge in [-0.05, 0) is 26.3 Å². The van der Waals surface area contributed by atoms with E-state index in [0.717, 1.165) is 44.7 Å². The molecule has 0 spiro atoms. The highest BCUT2D eigenvalue weighted by Gasteiger charge is 2.26. The summed E-state index contributed by atoms with van der Waals surface area (Å²) >= 11 is 7.77. The van der Waals surface area contributed by atoms with Crippen molar-refractivity contribution in [3.8, 4) is 16.3 Å². The molecule has 0 fully saturated rings. The number of nitrogens with zero attached hydrogens (tertiary/aromatic N) is 6. The fourth-order valence-electron chi connectivity index (χ4n) is 3.57. The minimum absolute atomic E-state index is 0.430. The minimum Gasteiger partial charge on any atom is -0.276 e. The second-order valence-electron chi connectivity index (χ2n) is 6.93. The molecule has 1 aliphatic heterocycles. The molecule has 0 saturated carbocycles. The van der Waals surface area contributed by atoms with Gasteiger partial charge in [-0.1, -0.05) is 35.9 Å². The molecule has 1 aliphatic rings. The third-order valence-electron chi connectivity index (χ3n) is 5.16. The first-order chi connectivity index (χ1) is 14.0. The largest absolute Gasteiger partial charge is 0.276 e. The van der Waals surface area contributed by atoms with Crippen LogP contribution in [0, 0.1) is 20.8 Å². The van der Waals surface area contributed by atoms with Gasteiger partial charge in [0.2, 0.25) is 0 Å². The maximum Gasteiger partial charge on any atom is 0.160 e. The van der Waals surface area contributed by atoms with Gasteiger partial charge < -0.3 is 0 Å². The Labute approximate surface area is 177 Å². The van der Waals surface area contributed by atoms with E-state index in [1.165, 1.54) is 16.8 Å². The molecule has 0 radical (unpaired) electrons. The Hall–Kier alpha value is -2.90. The van der Waals surface area contributed by atoms with Crippen LogP contribution in [-0.4, -0.2) is 30.4 Å². The number of thiophene rings is 1. The summed E-state index contributed by atoms with van der Waals surface area (Å²) in [6.07, 6.45) is 1.47. The van der Waals surface area contributed by atoms with Crippen molar-refractivity contribution in [1.82, 2.24) is 24.7 Å². The lowest BCUT2D eigenvalue weighted by Crippen LogP contribution is -2.07. The molecule has 0 bridgehead atoms. The Balaban J connectivity index is 1.63. The number of halogens is 1. The third kappa shape index (κ3) is 2.97. The average molecular weight is 421 g/mol. The van der Waals surface area contributed by atoms with Gasteiger partial charge in [-0.25, -0.2) is 9.97 Å². The summed E-state index contributed by atoms with van der Waals surface area (Å²) in [4.78, 5) is 14.5. The van der Waals surface area contributed by atoms with Gasteiger partial charge in [0.15, 0.2) is 5.82 Å². The topological polar surface area (TPSA) is 68.8 Å². The van der Waals surface area contributed by atoms with Crippen LogP contribution < -0.4 is 0 Å². The quantitative estimate of drug-likeness (QED) is 0.440. The number of fused-ring (bicyclic) bond motifs is 3. The van der Waals surface area contributed by atoms with E-state index in [4.69, 9.17) is 16.6 Å². The molecule has 3 aromatic heterocycles. The summed E-state index contributed by atoms with van der Waals surface area (Å²) in [6, 6.07) is 10.0. The maximum atomic E-state index is 6.01. The first kappa shape index (κ1) is 18.1. The van der Waals surface area contributed by atoms with E-state index in [1.54, 1.807) is 17.4 Å². The number of aryl methyl sites for hydroxylation is 2. The van der Waals surface area contributed by atoms with Crippen LogP contribution in [0.15, 0.2) is 41.7 Å². The highest BCUT2D eigenvalue weighted by atomic mass is 35.5. The maximum absolute atomic E-state index is 6.01. The van der Waals surface area contributed by atoms with E-state index in [1.807, 2.05) is 19.1 Å². The lowest BCUT2D eigenvalue weighted by molar-refractivity contribution is 0.869. The first-order valence-electron chi connectivity index (χ1n) is 9.17. The zero-order valence-corrected chi connectivity index (χ0v) is 17.7. The van der Waals surface area contributed by atoms with Gasteiger partial charge in [0, 0.05) is 27.6 Å². The molecule has 29 heavy (non-hydrogen) atoms. The predicted molar refractivity (Wildman–Crippen MR) is 115 cm³/mol. The van der Waals surface area contributed by atoms with Crippen molar-refractivity contribution in [2.45, 2.75) is 27.3 Å². The molecular formula is C21H17ClN6S. The van der Waals surface area contributed by atoms with E-state index in [-0.39, 0.29) is 0 Å². The SMILES string of the molecule is Cc1sc2c(c1C)C(c1ccc(-c3cc(Cl)ncn3)cc1)=NCc1nnc(C)n1-2. The van der Waals surface area contributed by atoms with Gasteiger partial charge >= 0.3 is 0 Å². The lowest BCUT2D eigenvalue weighted by Gasteiger charge is -2.10. The van der Waals surface area contributed by atoms with Crippen LogP contribution in [0.4, 0.5) is 0 Å². The summed E-state index contributed by atoms with van der Waals surface area (Å²) < 4.78 is 2.13. The fourth-order valence-corrected chi connectivity index (χ4v) is 4.95. The van der Waals surface area contributed by atoms with Crippen molar-refractivity contribution in [2.24, 2.45) is 4.99 Å². The molecule has 144 valence electrons. The number of hydrogen-bond acceptors (Lipinski definition) is 6. The van der Waals surface area contributed by atoms with Crippen LogP contribution in [0.2, 0.25) is 5.15 Å². The van der Waals surface area contributed by atoms with Gasteiger partial charge in [0.1, 0.15) is 28.9 Å². The molecule has 1 aromatic carbocycles. The second kappa shape index (κ2) is 6.86. The van der Waals surface area contributed by atoms with Gasteiger partial charge in [-0.3, -0.25) is 9.56 Å². The standard InChI is InChI=1S/C21H17ClN6S/c1-11-12(2)29-21-19(11)20(23-9-18-27-26-13(3)28(18)21)15-6-4-14(5-7-15)16-8-17(22)25-10-24-16/h4-8,10H,9H2,1-3H3. The van der Waals surface area contributed by atoms with Crippen molar-refractivity contribution in [2.75, 3.05) is 0 Å². The molecule has 4 heterocycles. The second-order valence-corrected chi connectivity index (χ2v) is 8.52. The van der Waals surface area contributed by atoms with Crippen LogP contribution in [0.25, 0.3) is 16.3 Å². The molecule has 8 heteroatoms. The number of benzene rings is 1. The zero-order chi connectivity index (χ0) is 20.1. The van der Waals surface area contributed by atoms with Gasteiger partial charge in [0.25, 0.3) is 0 Å². The van der Waals surface area contributed by atoms with Crippen molar-refractivity contribution in [3.63, 3.8) is 0 Å². The summed E-state index contributed by atoms with van der Waals surface area (Å²) in [5.41, 5.74) is 6.23. The molecule has 6 nitrogen and oxygen atoms in total. The van der Waals surface area contributed by atoms with Crippen LogP contribution >= 0.6 is 22.9 Å². The molecule has 5 rings (SSSR count). The van der Waals surface area contributed by atoms with E-state index in [0.29, 0.717) is 11.7 Å². The van der Waals surface area contributed by atoms with E-state index in [2.05, 4.69) is 50.7 Å². The molecule has 4 aromatic rings. The molecular weight excluding hydrogens is 404 g/mol. The summed E-state index contributed by atoms with van der Waals surface area (Å²) in [5, 5.41) is 10.2. The Bertz CT molecular complexity index is 1270. The number of rotatable bonds is 2. The van der Waals surface area contributed by atoms with Crippen molar-refractivity contribution in [3.05, 3.63) is 75.0 Å². The van der Waals surface area contributed by atoms with E-state index < -0.39 is 0 Å². The van der Waals surface area contributed by atoms with Crippen LogP contribution in [-0.2, 0) is 6.54 Å². The molecule has 0 atom stereocenters.